The van der Waals surface area contributed by atoms with Crippen LogP contribution in [-0.2, 0) is 47.6 Å². The molecule has 0 radical (unpaired) electrons. The zero-order valence-corrected chi connectivity index (χ0v) is 26.1. The third-order valence-electron chi connectivity index (χ3n) is 6.44. The number of benzene rings is 2. The lowest BCUT2D eigenvalue weighted by Crippen LogP contribution is -2.58. The molecule has 1 heterocycles. The zero-order valence-electron chi connectivity index (χ0n) is 26.1. The van der Waals surface area contributed by atoms with Gasteiger partial charge >= 0.3 is 23.9 Å². The van der Waals surface area contributed by atoms with E-state index in [1.165, 1.54) is 55.1 Å². The van der Waals surface area contributed by atoms with Gasteiger partial charge in [-0.3, -0.25) is 19.2 Å². The van der Waals surface area contributed by atoms with Gasteiger partial charge in [0, 0.05) is 34.8 Å². The molecule has 1 aliphatic rings. The molecule has 1 fully saturated rings. The Morgan fingerprint density at radius 1 is 0.778 bits per heavy atom. The number of carbonyl (C=O) groups excluding carboxylic acids is 4. The van der Waals surface area contributed by atoms with E-state index in [1.54, 1.807) is 36.4 Å². The second-order valence-electron chi connectivity index (χ2n) is 9.79. The molecule has 0 amide bonds. The molecule has 2 aromatic carbocycles. The molecule has 0 spiro atoms. The summed E-state index contributed by atoms with van der Waals surface area (Å²) in [5.74, 6) is -1.48. The number of para-hydroxylation sites is 2. The minimum absolute atomic E-state index is 0.135. The SMILES string of the molecule is COc1cc([C@@H](O[C@@H]2[C@@H](OC(C)=O)[C@H](OC)OC[C@H]2OC(C)=O)[C@H](COC(C)=O)Oc2ccccc2OC)ccc1OC(C)=O. The average Bonchev–Trinajstić information content (AvgIpc) is 2.99. The van der Waals surface area contributed by atoms with Crippen LogP contribution in [0.5, 0.6) is 23.0 Å². The first kappa shape index (κ1) is 35.1. The predicted molar refractivity (Wildman–Crippen MR) is 154 cm³/mol. The van der Waals surface area contributed by atoms with E-state index in [4.69, 9.17) is 47.4 Å². The topological polar surface area (TPSA) is 161 Å². The molecule has 0 bridgehead atoms. The fourth-order valence-electron chi connectivity index (χ4n) is 4.65. The van der Waals surface area contributed by atoms with Crippen molar-refractivity contribution in [3.05, 3.63) is 48.0 Å². The molecule has 3 rings (SSSR count). The van der Waals surface area contributed by atoms with Gasteiger partial charge in [0.05, 0.1) is 20.8 Å². The Morgan fingerprint density at radius 2 is 1.44 bits per heavy atom. The summed E-state index contributed by atoms with van der Waals surface area (Å²) in [6.45, 7) is 4.41. The van der Waals surface area contributed by atoms with Gasteiger partial charge in [-0.1, -0.05) is 18.2 Å². The maximum Gasteiger partial charge on any atom is 0.308 e. The van der Waals surface area contributed by atoms with Crippen molar-refractivity contribution < 1.29 is 66.5 Å². The van der Waals surface area contributed by atoms with Gasteiger partial charge in [-0.15, -0.1) is 0 Å². The summed E-state index contributed by atoms with van der Waals surface area (Å²) >= 11 is 0. The van der Waals surface area contributed by atoms with E-state index in [1.807, 2.05) is 0 Å². The molecule has 0 unspecified atom stereocenters. The Kier molecular flexibility index (Phi) is 12.9. The summed E-state index contributed by atoms with van der Waals surface area (Å²) in [5.41, 5.74) is 0.401. The molecule has 0 N–H and O–H groups in total. The van der Waals surface area contributed by atoms with Gasteiger partial charge in [0.2, 0.25) is 0 Å². The minimum atomic E-state index is -1.21. The van der Waals surface area contributed by atoms with Crippen LogP contribution in [0.15, 0.2) is 42.5 Å². The Morgan fingerprint density at radius 3 is 2.02 bits per heavy atom. The second-order valence-corrected chi connectivity index (χ2v) is 9.79. The number of carbonyl (C=O) groups is 4. The first-order valence-electron chi connectivity index (χ1n) is 13.9. The summed E-state index contributed by atoms with van der Waals surface area (Å²) in [6.07, 6.45) is -6.78. The lowest BCUT2D eigenvalue weighted by molar-refractivity contribution is -0.289. The molecule has 2 aromatic rings. The van der Waals surface area contributed by atoms with Gasteiger partial charge in [-0.05, 0) is 29.8 Å². The van der Waals surface area contributed by atoms with Crippen molar-refractivity contribution in [1.82, 2.24) is 0 Å². The van der Waals surface area contributed by atoms with Gasteiger partial charge in [-0.2, -0.15) is 0 Å². The van der Waals surface area contributed by atoms with Gasteiger partial charge < -0.3 is 47.4 Å². The molecule has 1 saturated heterocycles. The van der Waals surface area contributed by atoms with Crippen molar-refractivity contribution in [2.75, 3.05) is 34.5 Å². The molecule has 0 aliphatic carbocycles. The quantitative estimate of drug-likeness (QED) is 0.169. The highest BCUT2D eigenvalue weighted by Gasteiger charge is 2.48. The zero-order chi connectivity index (χ0) is 33.1. The molecule has 14 nitrogen and oxygen atoms in total. The van der Waals surface area contributed by atoms with Crippen molar-refractivity contribution in [2.24, 2.45) is 0 Å². The smallest absolute Gasteiger partial charge is 0.308 e. The summed E-state index contributed by atoms with van der Waals surface area (Å²) in [7, 11) is 4.21. The fraction of sp³-hybridized carbons (Fsp3) is 0.484. The predicted octanol–water partition coefficient (Wildman–Crippen LogP) is 2.93. The van der Waals surface area contributed by atoms with E-state index in [9.17, 15) is 19.2 Å². The molecule has 6 atom stereocenters. The Balaban J connectivity index is 2.20. The third kappa shape index (κ3) is 9.80. The monoisotopic (exact) mass is 634 g/mol. The molecular formula is C31H38O14. The van der Waals surface area contributed by atoms with Crippen LogP contribution < -0.4 is 18.9 Å². The van der Waals surface area contributed by atoms with Crippen LogP contribution in [-0.4, -0.2) is 89.1 Å². The van der Waals surface area contributed by atoms with E-state index < -0.39 is 60.7 Å². The van der Waals surface area contributed by atoms with Crippen LogP contribution in [0.25, 0.3) is 0 Å². The largest absolute Gasteiger partial charge is 0.493 e. The first-order valence-corrected chi connectivity index (χ1v) is 13.9. The van der Waals surface area contributed by atoms with Gasteiger partial charge in [-0.25, -0.2) is 0 Å². The van der Waals surface area contributed by atoms with Gasteiger partial charge in [0.25, 0.3) is 0 Å². The Bertz CT molecular complexity index is 1330. The summed E-state index contributed by atoms with van der Waals surface area (Å²) in [4.78, 5) is 48.0. The van der Waals surface area contributed by atoms with Gasteiger partial charge in [0.15, 0.2) is 47.6 Å². The molecule has 45 heavy (non-hydrogen) atoms. The maximum atomic E-state index is 12.2. The second kappa shape index (κ2) is 16.6. The molecule has 14 heteroatoms. The fourth-order valence-corrected chi connectivity index (χ4v) is 4.65. The highest BCUT2D eigenvalue weighted by molar-refractivity contribution is 5.70. The van der Waals surface area contributed by atoms with Gasteiger partial charge in [0.1, 0.15) is 18.8 Å². The van der Waals surface area contributed by atoms with Crippen molar-refractivity contribution >= 4 is 23.9 Å². The maximum absolute atomic E-state index is 12.2. The van der Waals surface area contributed by atoms with E-state index in [0.717, 1.165) is 0 Å². The molecule has 0 aromatic heterocycles. The summed E-state index contributed by atoms with van der Waals surface area (Å²) < 4.78 is 56.8. The van der Waals surface area contributed by atoms with E-state index in [-0.39, 0.29) is 24.7 Å². The highest BCUT2D eigenvalue weighted by atomic mass is 16.7. The van der Waals surface area contributed by atoms with E-state index in [2.05, 4.69) is 0 Å². The number of ether oxygens (including phenoxy) is 10. The third-order valence-corrected chi connectivity index (χ3v) is 6.44. The lowest BCUT2D eigenvalue weighted by atomic mass is 10.00. The number of esters is 4. The minimum Gasteiger partial charge on any atom is -0.493 e. The molecular weight excluding hydrogens is 596 g/mol. The van der Waals surface area contributed by atoms with Crippen LogP contribution in [0.2, 0.25) is 0 Å². The highest BCUT2D eigenvalue weighted by Crippen LogP contribution is 2.38. The van der Waals surface area contributed by atoms with E-state index >= 15 is 0 Å². The Hall–Kier alpha value is -4.40. The summed E-state index contributed by atoms with van der Waals surface area (Å²) in [5, 5.41) is 0. The van der Waals surface area contributed by atoms with Crippen molar-refractivity contribution in [1.29, 1.82) is 0 Å². The van der Waals surface area contributed by atoms with Crippen LogP contribution in [0.1, 0.15) is 39.4 Å². The molecule has 246 valence electrons. The van der Waals surface area contributed by atoms with E-state index in [0.29, 0.717) is 17.1 Å². The Labute approximate surface area is 260 Å². The number of methoxy groups -OCH3 is 3. The van der Waals surface area contributed by atoms with Crippen LogP contribution >= 0.6 is 0 Å². The van der Waals surface area contributed by atoms with Crippen molar-refractivity contribution in [3.8, 4) is 23.0 Å². The lowest BCUT2D eigenvalue weighted by Gasteiger charge is -2.42. The number of hydrogen-bond donors (Lipinski definition) is 0. The first-order chi connectivity index (χ1) is 21.5. The average molecular weight is 635 g/mol. The molecule has 1 aliphatic heterocycles. The normalized spacial score (nSPS) is 20.6. The number of rotatable bonds is 14. The van der Waals surface area contributed by atoms with Crippen LogP contribution in [0.3, 0.4) is 0 Å². The van der Waals surface area contributed by atoms with Crippen LogP contribution in [0.4, 0.5) is 0 Å². The van der Waals surface area contributed by atoms with Crippen LogP contribution in [0, 0.1) is 0 Å². The molecule has 0 saturated carbocycles. The standard InChI is InChI=1S/C31H38O14/c1-17(32)39-15-26(44-23-11-9-8-10-22(23)36-5)28(21-12-13-24(41-18(2)33)25(14-21)37-6)45-29-27(42-19(3)34)16-40-31(38-7)30(29)43-20(4)35/h8-14,26-31H,15-16H2,1-7H3/t26-,27+,28+,29-,30+,31+/m0/s1. The summed E-state index contributed by atoms with van der Waals surface area (Å²) in [6, 6.07) is 11.4. The number of hydrogen-bond acceptors (Lipinski definition) is 14. The van der Waals surface area contributed by atoms with Crippen molar-refractivity contribution in [3.63, 3.8) is 0 Å². The van der Waals surface area contributed by atoms with Crippen molar-refractivity contribution in [2.45, 2.75) is 64.5 Å².